The van der Waals surface area contributed by atoms with Crippen molar-refractivity contribution in [2.45, 2.75) is 26.7 Å². The number of Topliss-reactive ketones (excluding diaryl/α,β-unsaturated/α-hetero) is 1. The van der Waals surface area contributed by atoms with Crippen LogP contribution in [0.4, 0.5) is 5.69 Å². The molecule has 1 aromatic rings. The van der Waals surface area contributed by atoms with Crippen LogP contribution in [0.2, 0.25) is 10.3 Å². The van der Waals surface area contributed by atoms with Crippen LogP contribution in [0.5, 0.6) is 0 Å². The molecule has 0 atom stereocenters. The molecule has 0 amide bonds. The van der Waals surface area contributed by atoms with Crippen molar-refractivity contribution in [1.82, 2.24) is 9.97 Å². The quantitative estimate of drug-likeness (QED) is 0.667. The fraction of sp³-hybridized carbons (Fsp3) is 0.385. The minimum absolute atomic E-state index is 0.0269. The predicted molar refractivity (Wildman–Crippen MR) is 77.9 cm³/mol. The van der Waals surface area contributed by atoms with Crippen molar-refractivity contribution in [2.24, 2.45) is 10.4 Å². The van der Waals surface area contributed by atoms with Crippen molar-refractivity contribution in [3.05, 3.63) is 28.0 Å². The minimum atomic E-state index is -0.246. The van der Waals surface area contributed by atoms with Gasteiger partial charge < -0.3 is 5.11 Å². The maximum absolute atomic E-state index is 12.0. The summed E-state index contributed by atoms with van der Waals surface area (Å²) in [5.74, 6) is -0.134. The molecule has 1 aliphatic carbocycles. The van der Waals surface area contributed by atoms with Gasteiger partial charge in [0, 0.05) is 19.1 Å². The van der Waals surface area contributed by atoms with Crippen molar-refractivity contribution in [3.8, 4) is 0 Å². The third kappa shape index (κ3) is 3.16. The van der Waals surface area contributed by atoms with Crippen molar-refractivity contribution in [3.63, 3.8) is 0 Å². The second-order valence-corrected chi connectivity index (χ2v) is 6.08. The maximum atomic E-state index is 12.0. The first-order chi connectivity index (χ1) is 9.30. The van der Waals surface area contributed by atoms with Crippen LogP contribution in [0.3, 0.4) is 0 Å². The summed E-state index contributed by atoms with van der Waals surface area (Å²) >= 11 is 11.7. The summed E-state index contributed by atoms with van der Waals surface area (Å²) in [4.78, 5) is 23.5. The number of rotatable bonds is 2. The van der Waals surface area contributed by atoms with Gasteiger partial charge in [-0.25, -0.2) is 15.0 Å². The number of aromatic nitrogens is 2. The van der Waals surface area contributed by atoms with E-state index in [9.17, 15) is 9.90 Å². The number of hydrogen-bond donors (Lipinski definition) is 1. The molecule has 1 heterocycles. The van der Waals surface area contributed by atoms with Gasteiger partial charge in [-0.2, -0.15) is 0 Å². The van der Waals surface area contributed by atoms with Gasteiger partial charge in [-0.3, -0.25) is 4.79 Å². The van der Waals surface area contributed by atoms with Gasteiger partial charge >= 0.3 is 0 Å². The van der Waals surface area contributed by atoms with E-state index in [0.717, 1.165) is 0 Å². The summed E-state index contributed by atoms with van der Waals surface area (Å²) in [6.45, 7) is 3.85. The number of carbonyl (C=O) groups is 1. The molecule has 0 spiro atoms. The lowest BCUT2D eigenvalue weighted by Crippen LogP contribution is -2.26. The highest BCUT2D eigenvalue weighted by atomic mass is 35.5. The first kappa shape index (κ1) is 14.9. The van der Waals surface area contributed by atoms with Crippen LogP contribution < -0.4 is 0 Å². The van der Waals surface area contributed by atoms with E-state index < -0.39 is 0 Å². The second kappa shape index (κ2) is 5.50. The van der Waals surface area contributed by atoms with E-state index in [0.29, 0.717) is 12.8 Å². The lowest BCUT2D eigenvalue weighted by atomic mass is 9.77. The van der Waals surface area contributed by atoms with Crippen LogP contribution in [-0.4, -0.2) is 27.1 Å². The minimum Gasteiger partial charge on any atom is -0.511 e. The van der Waals surface area contributed by atoms with Crippen LogP contribution in [0, 0.1) is 5.41 Å². The van der Waals surface area contributed by atoms with Gasteiger partial charge in [0.2, 0.25) is 0 Å². The third-order valence-corrected chi connectivity index (χ3v) is 3.51. The van der Waals surface area contributed by atoms with E-state index >= 15 is 0 Å². The van der Waals surface area contributed by atoms with E-state index in [1.807, 2.05) is 13.8 Å². The molecule has 0 bridgehead atoms. The number of aliphatic hydroxyl groups is 1. The van der Waals surface area contributed by atoms with E-state index in [-0.39, 0.29) is 38.5 Å². The molecule has 0 aromatic carbocycles. The summed E-state index contributed by atoms with van der Waals surface area (Å²) in [6.07, 6.45) is 3.26. The molecule has 106 valence electrons. The largest absolute Gasteiger partial charge is 0.511 e. The van der Waals surface area contributed by atoms with Crippen LogP contribution in [-0.2, 0) is 4.79 Å². The second-order valence-electron chi connectivity index (χ2n) is 5.36. The Morgan fingerprint density at radius 1 is 1.30 bits per heavy atom. The first-order valence-corrected chi connectivity index (χ1v) is 6.71. The van der Waals surface area contributed by atoms with Gasteiger partial charge in [-0.15, -0.1) is 0 Å². The number of aliphatic imine (C=N–C) groups is 1. The Morgan fingerprint density at radius 2 is 1.90 bits per heavy atom. The van der Waals surface area contributed by atoms with Crippen LogP contribution in [0.25, 0.3) is 0 Å². The Balaban J connectivity index is 2.34. The molecule has 1 aliphatic rings. The van der Waals surface area contributed by atoms with Gasteiger partial charge in [0.25, 0.3) is 0 Å². The highest BCUT2D eigenvalue weighted by Gasteiger charge is 2.32. The van der Waals surface area contributed by atoms with Gasteiger partial charge in [0.05, 0.1) is 5.57 Å². The molecule has 0 fully saturated rings. The standard InChI is InChI=1S/C13H13Cl2N3O2/c1-13(2)3-8(19)7(9(20)4-13)5-16-10-11(14)17-6-18-12(10)15/h5-6,19H,3-4H2,1-2H3. The van der Waals surface area contributed by atoms with Gasteiger partial charge in [0.1, 0.15) is 17.8 Å². The Labute approximate surface area is 126 Å². The van der Waals surface area contributed by atoms with Crippen molar-refractivity contribution >= 4 is 40.9 Å². The number of nitrogens with zero attached hydrogens (tertiary/aromatic N) is 3. The molecule has 0 saturated carbocycles. The van der Waals surface area contributed by atoms with Crippen LogP contribution >= 0.6 is 23.2 Å². The van der Waals surface area contributed by atoms with E-state index in [1.54, 1.807) is 0 Å². The molecule has 5 nitrogen and oxygen atoms in total. The number of ketones is 1. The van der Waals surface area contributed by atoms with E-state index in [1.165, 1.54) is 12.5 Å². The number of halogens is 2. The van der Waals surface area contributed by atoms with Gasteiger partial charge in [-0.05, 0) is 5.41 Å². The molecular weight excluding hydrogens is 301 g/mol. The number of carbonyl (C=O) groups excluding carboxylic acids is 1. The Morgan fingerprint density at radius 3 is 2.45 bits per heavy atom. The van der Waals surface area contributed by atoms with Crippen molar-refractivity contribution < 1.29 is 9.90 Å². The van der Waals surface area contributed by atoms with Crippen molar-refractivity contribution in [2.75, 3.05) is 0 Å². The van der Waals surface area contributed by atoms with Gasteiger partial charge in [0.15, 0.2) is 16.1 Å². The third-order valence-electron chi connectivity index (χ3n) is 2.95. The smallest absolute Gasteiger partial charge is 0.168 e. The van der Waals surface area contributed by atoms with E-state index in [2.05, 4.69) is 15.0 Å². The monoisotopic (exact) mass is 313 g/mol. The first-order valence-electron chi connectivity index (χ1n) is 5.95. The summed E-state index contributed by atoms with van der Waals surface area (Å²) in [5, 5.41) is 10.1. The molecule has 0 unspecified atom stereocenters. The maximum Gasteiger partial charge on any atom is 0.168 e. The SMILES string of the molecule is CC1(C)CC(=O)C(C=Nc2c(Cl)ncnc2Cl)=C(O)C1. The summed E-state index contributed by atoms with van der Waals surface area (Å²) in [6, 6.07) is 0. The highest BCUT2D eigenvalue weighted by Crippen LogP contribution is 2.36. The summed E-state index contributed by atoms with van der Waals surface area (Å²) in [7, 11) is 0. The number of aliphatic hydroxyl groups excluding tert-OH is 1. The lowest BCUT2D eigenvalue weighted by Gasteiger charge is -2.28. The van der Waals surface area contributed by atoms with Crippen molar-refractivity contribution in [1.29, 1.82) is 0 Å². The molecule has 7 heteroatoms. The molecule has 1 aromatic heterocycles. The zero-order valence-electron chi connectivity index (χ0n) is 11.0. The Bertz CT molecular complexity index is 604. The van der Waals surface area contributed by atoms with E-state index in [4.69, 9.17) is 23.2 Å². The molecular formula is C13H13Cl2N3O2. The number of hydrogen-bond acceptors (Lipinski definition) is 5. The Kier molecular flexibility index (Phi) is 4.11. The van der Waals surface area contributed by atoms with Crippen LogP contribution in [0.15, 0.2) is 22.7 Å². The molecule has 0 aliphatic heterocycles. The number of allylic oxidation sites excluding steroid dienone is 2. The summed E-state index contributed by atoms with van der Waals surface area (Å²) < 4.78 is 0. The normalized spacial score (nSPS) is 18.9. The zero-order chi connectivity index (χ0) is 14.9. The van der Waals surface area contributed by atoms with Crippen LogP contribution in [0.1, 0.15) is 26.7 Å². The fourth-order valence-electron chi connectivity index (χ4n) is 2.02. The zero-order valence-corrected chi connectivity index (χ0v) is 12.5. The predicted octanol–water partition coefficient (Wildman–Crippen LogP) is 3.69. The average Bonchev–Trinajstić information content (AvgIpc) is 2.29. The average molecular weight is 314 g/mol. The summed E-state index contributed by atoms with van der Waals surface area (Å²) in [5.41, 5.74) is 0.109. The highest BCUT2D eigenvalue weighted by molar-refractivity contribution is 6.37. The molecule has 0 saturated heterocycles. The molecule has 2 rings (SSSR count). The molecule has 0 radical (unpaired) electrons. The Hall–Kier alpha value is -1.46. The molecule has 20 heavy (non-hydrogen) atoms. The molecule has 1 N–H and O–H groups in total. The topological polar surface area (TPSA) is 75.4 Å². The lowest BCUT2D eigenvalue weighted by molar-refractivity contribution is -0.117. The fourth-order valence-corrected chi connectivity index (χ4v) is 2.43. The van der Waals surface area contributed by atoms with Gasteiger partial charge in [-0.1, -0.05) is 37.0 Å².